The number of benzene rings is 1. The third-order valence-electron chi connectivity index (χ3n) is 1.29. The first kappa shape index (κ1) is 9.75. The van der Waals surface area contributed by atoms with Crippen molar-refractivity contribution < 1.29 is 14.4 Å². The van der Waals surface area contributed by atoms with Gasteiger partial charge in [-0.1, -0.05) is 31.3 Å². The average Bonchev–Trinajstić information content (AvgIpc) is 1.91. The van der Waals surface area contributed by atoms with Crippen LogP contribution in [-0.2, 0) is 10.7 Å². The van der Waals surface area contributed by atoms with E-state index in [1.54, 1.807) is 12.1 Å². The molecule has 1 rings (SSSR count). The Labute approximate surface area is 75.2 Å². The molecule has 0 radical (unpaired) electrons. The summed E-state index contributed by atoms with van der Waals surface area (Å²) in [4.78, 5) is 20.6. The third-order valence-corrected chi connectivity index (χ3v) is 2.29. The maximum absolute atomic E-state index is 10.3. The fourth-order valence-corrected chi connectivity index (χ4v) is 1.60. The Kier molecular flexibility index (Phi) is 2.91. The van der Waals surface area contributed by atoms with Crippen LogP contribution in [0.15, 0.2) is 24.3 Å². The van der Waals surface area contributed by atoms with Crippen molar-refractivity contribution in [2.24, 2.45) is 0 Å². The minimum Gasteiger partial charge on any atom is -0.810 e. The molecule has 0 fully saturated rings. The summed E-state index contributed by atoms with van der Waals surface area (Å²) in [5, 5.41) is 0.519. The fourth-order valence-electron chi connectivity index (χ4n) is 0.813. The first-order chi connectivity index (χ1) is 5.47. The molecule has 0 heterocycles. The van der Waals surface area contributed by atoms with E-state index in [1.165, 1.54) is 12.1 Å². The summed E-state index contributed by atoms with van der Waals surface area (Å²) >= 11 is 5.56. The topological polar surface area (TPSA) is 63.2 Å². The van der Waals surface area contributed by atoms with Gasteiger partial charge in [0.15, 0.2) is 0 Å². The second kappa shape index (κ2) is 3.58. The van der Waals surface area contributed by atoms with Crippen LogP contribution in [0, 0.1) is 0 Å². The number of hydrogen-bond donors (Lipinski definition) is 0. The zero-order chi connectivity index (χ0) is 9.19. The molecule has 12 heavy (non-hydrogen) atoms. The first-order valence-electron chi connectivity index (χ1n) is 3.23. The van der Waals surface area contributed by atoms with Gasteiger partial charge in [0.25, 0.3) is 0 Å². The highest BCUT2D eigenvalue weighted by molar-refractivity contribution is 7.47. The van der Waals surface area contributed by atoms with E-state index in [2.05, 4.69) is 0 Å². The van der Waals surface area contributed by atoms with Gasteiger partial charge in [0.05, 0.1) is 0 Å². The maximum atomic E-state index is 10.3. The number of hydrogen-bond acceptors (Lipinski definition) is 3. The molecule has 0 aromatic heterocycles. The summed E-state index contributed by atoms with van der Waals surface area (Å²) in [6.07, 6.45) is -0.454. The molecular weight excluding hydrogens is 199 g/mol. The van der Waals surface area contributed by atoms with Crippen LogP contribution in [0.2, 0.25) is 5.02 Å². The summed E-state index contributed by atoms with van der Waals surface area (Å²) < 4.78 is 10.3. The lowest BCUT2D eigenvalue weighted by Crippen LogP contribution is -2.15. The molecule has 3 nitrogen and oxygen atoms in total. The van der Waals surface area contributed by atoms with Crippen LogP contribution in [0.5, 0.6) is 0 Å². The standard InChI is InChI=1S/C7H8ClO3P/c8-7-3-1-6(2-4-7)5-12(9,10)11/h1-4H,5H2,(H2,9,10,11)/p-2. The molecule has 0 aliphatic carbocycles. The van der Waals surface area contributed by atoms with Gasteiger partial charge in [-0.25, -0.2) is 0 Å². The Hall–Kier alpha value is -0.340. The molecule has 0 saturated carbocycles. The quantitative estimate of drug-likeness (QED) is 0.668. The van der Waals surface area contributed by atoms with E-state index >= 15 is 0 Å². The molecule has 0 aliphatic heterocycles. The van der Waals surface area contributed by atoms with Crippen LogP contribution in [0.25, 0.3) is 0 Å². The lowest BCUT2D eigenvalue weighted by molar-refractivity contribution is -0.314. The molecule has 0 spiro atoms. The highest BCUT2D eigenvalue weighted by Gasteiger charge is 1.95. The Morgan fingerprint density at radius 2 is 1.75 bits per heavy atom. The molecule has 1 aromatic carbocycles. The van der Waals surface area contributed by atoms with Gasteiger partial charge in [0.1, 0.15) is 0 Å². The molecule has 1 aromatic rings. The van der Waals surface area contributed by atoms with Gasteiger partial charge in [-0.3, -0.25) is 0 Å². The molecule has 0 amide bonds. The second-order valence-corrected chi connectivity index (χ2v) is 4.37. The Bertz CT molecular complexity index is 303. The van der Waals surface area contributed by atoms with E-state index in [4.69, 9.17) is 11.6 Å². The summed E-state index contributed by atoms with van der Waals surface area (Å²) in [6, 6.07) is 6.13. The third kappa shape index (κ3) is 3.37. The monoisotopic (exact) mass is 204 g/mol. The minimum absolute atomic E-state index is 0.454. The molecule has 0 bridgehead atoms. The summed E-state index contributed by atoms with van der Waals surface area (Å²) in [7, 11) is -4.45. The Morgan fingerprint density at radius 3 is 2.17 bits per heavy atom. The normalized spacial score (nSPS) is 11.6. The maximum Gasteiger partial charge on any atom is 0.0406 e. The average molecular weight is 205 g/mol. The van der Waals surface area contributed by atoms with Crippen LogP contribution >= 0.6 is 19.2 Å². The van der Waals surface area contributed by atoms with Gasteiger partial charge in [0.2, 0.25) is 0 Å². The number of rotatable bonds is 2. The van der Waals surface area contributed by atoms with Gasteiger partial charge in [-0.05, 0) is 17.7 Å². The molecule has 0 N–H and O–H groups in total. The Morgan fingerprint density at radius 1 is 1.25 bits per heavy atom. The molecular formula is C7H6ClO3P-2. The van der Waals surface area contributed by atoms with Crippen molar-refractivity contribution in [3.05, 3.63) is 34.9 Å². The highest BCUT2D eigenvalue weighted by Crippen LogP contribution is 2.29. The van der Waals surface area contributed by atoms with E-state index in [-0.39, 0.29) is 0 Å². The summed E-state index contributed by atoms with van der Waals surface area (Å²) in [6.45, 7) is 0. The lowest BCUT2D eigenvalue weighted by Gasteiger charge is -2.29. The van der Waals surface area contributed by atoms with E-state index in [9.17, 15) is 14.4 Å². The molecule has 66 valence electrons. The predicted octanol–water partition coefficient (Wildman–Crippen LogP) is 0.754. The summed E-state index contributed by atoms with van der Waals surface area (Å²) in [5.41, 5.74) is 0.465. The van der Waals surface area contributed by atoms with E-state index in [0.717, 1.165) is 0 Å². The van der Waals surface area contributed by atoms with Crippen molar-refractivity contribution in [1.29, 1.82) is 0 Å². The molecule has 0 aliphatic rings. The van der Waals surface area contributed by atoms with Crippen LogP contribution in [0.4, 0.5) is 0 Å². The lowest BCUT2D eigenvalue weighted by atomic mass is 10.2. The van der Waals surface area contributed by atoms with Gasteiger partial charge < -0.3 is 14.4 Å². The van der Waals surface area contributed by atoms with E-state index in [1.807, 2.05) is 0 Å². The largest absolute Gasteiger partial charge is 0.810 e. The minimum atomic E-state index is -4.45. The second-order valence-electron chi connectivity index (χ2n) is 2.40. The van der Waals surface area contributed by atoms with Crippen LogP contribution in [0.1, 0.15) is 5.56 Å². The van der Waals surface area contributed by atoms with Crippen molar-refractivity contribution in [3.63, 3.8) is 0 Å². The zero-order valence-corrected chi connectivity index (χ0v) is 7.72. The van der Waals surface area contributed by atoms with E-state index < -0.39 is 13.8 Å². The predicted molar refractivity (Wildman–Crippen MR) is 42.8 cm³/mol. The zero-order valence-electron chi connectivity index (χ0n) is 6.07. The van der Waals surface area contributed by atoms with Gasteiger partial charge >= 0.3 is 0 Å². The van der Waals surface area contributed by atoms with Crippen molar-refractivity contribution in [3.8, 4) is 0 Å². The van der Waals surface area contributed by atoms with Crippen molar-refractivity contribution in [2.45, 2.75) is 6.16 Å². The van der Waals surface area contributed by atoms with Crippen LogP contribution in [0.3, 0.4) is 0 Å². The van der Waals surface area contributed by atoms with Gasteiger partial charge in [-0.15, -0.1) is 0 Å². The molecule has 0 unspecified atom stereocenters. The van der Waals surface area contributed by atoms with Crippen LogP contribution < -0.4 is 9.79 Å². The first-order valence-corrected chi connectivity index (χ1v) is 5.33. The SMILES string of the molecule is O=P([O-])([O-])Cc1ccc(Cl)cc1. The summed E-state index contributed by atoms with van der Waals surface area (Å²) in [5.74, 6) is 0. The number of halogens is 1. The Balaban J connectivity index is 2.78. The smallest absolute Gasteiger partial charge is 0.0406 e. The molecule has 0 saturated heterocycles. The fraction of sp³-hybridized carbons (Fsp3) is 0.143. The van der Waals surface area contributed by atoms with Crippen molar-refractivity contribution >= 4 is 19.2 Å². The van der Waals surface area contributed by atoms with Gasteiger partial charge in [0, 0.05) is 11.2 Å². The highest BCUT2D eigenvalue weighted by atomic mass is 35.5. The van der Waals surface area contributed by atoms with Crippen molar-refractivity contribution in [1.82, 2.24) is 0 Å². The van der Waals surface area contributed by atoms with E-state index in [0.29, 0.717) is 10.6 Å². The van der Waals surface area contributed by atoms with Crippen molar-refractivity contribution in [2.75, 3.05) is 0 Å². The van der Waals surface area contributed by atoms with Crippen LogP contribution in [-0.4, -0.2) is 0 Å². The van der Waals surface area contributed by atoms with Gasteiger partial charge in [-0.2, -0.15) is 0 Å². The molecule has 5 heteroatoms. The molecule has 0 atom stereocenters.